The minimum absolute atomic E-state index is 0.0105. The van der Waals surface area contributed by atoms with Crippen molar-refractivity contribution in [3.63, 3.8) is 0 Å². The van der Waals surface area contributed by atoms with Crippen LogP contribution < -0.4 is 9.64 Å². The Kier molecular flexibility index (Phi) is 8.36. The summed E-state index contributed by atoms with van der Waals surface area (Å²) in [5.74, 6) is 1.37. The van der Waals surface area contributed by atoms with Crippen molar-refractivity contribution in [2.24, 2.45) is 5.41 Å². The number of aromatic nitrogens is 3. The lowest BCUT2D eigenvalue weighted by atomic mass is 9.75. The SMILES string of the molecule is C#Cc1c(F)ccc2cc(O)cc(-c3ncc4c(N5CCCOCC5)nc(OCC56CCCC5N(CCO)CCC6)nc4c3F)c12. The topological polar surface area (TPSA) is 104 Å². The highest BCUT2D eigenvalue weighted by molar-refractivity contribution is 6.03. The number of hydrogen-bond acceptors (Lipinski definition) is 9. The summed E-state index contributed by atoms with van der Waals surface area (Å²) in [5, 5.41) is 21.3. The number of likely N-dealkylation sites (tertiary alicyclic amines) is 1. The predicted octanol–water partition coefficient (Wildman–Crippen LogP) is 5.04. The molecule has 2 atom stereocenters. The molecule has 4 heterocycles. The molecule has 3 fully saturated rings. The first-order chi connectivity index (χ1) is 22.4. The Labute approximate surface area is 266 Å². The molecule has 2 N–H and O–H groups in total. The summed E-state index contributed by atoms with van der Waals surface area (Å²) in [6, 6.07) is 5.88. The number of aromatic hydroxyl groups is 1. The van der Waals surface area contributed by atoms with Crippen LogP contribution in [0.5, 0.6) is 11.8 Å². The maximum Gasteiger partial charge on any atom is 0.319 e. The van der Waals surface area contributed by atoms with Gasteiger partial charge in [-0.3, -0.25) is 9.88 Å². The first-order valence-corrected chi connectivity index (χ1v) is 16.0. The van der Waals surface area contributed by atoms with E-state index in [2.05, 4.69) is 20.8 Å². The number of nitrogens with zero attached hydrogens (tertiary/aromatic N) is 5. The van der Waals surface area contributed by atoms with Crippen molar-refractivity contribution in [2.45, 2.75) is 44.6 Å². The lowest BCUT2D eigenvalue weighted by Crippen LogP contribution is -2.52. The van der Waals surface area contributed by atoms with E-state index < -0.39 is 11.6 Å². The van der Waals surface area contributed by atoms with Gasteiger partial charge >= 0.3 is 6.01 Å². The van der Waals surface area contributed by atoms with Crippen molar-refractivity contribution in [2.75, 3.05) is 57.5 Å². The molecule has 2 saturated heterocycles. The number of halogens is 2. The average Bonchev–Trinajstić information content (AvgIpc) is 3.31. The highest BCUT2D eigenvalue weighted by Crippen LogP contribution is 2.48. The fourth-order valence-corrected chi connectivity index (χ4v) is 7.84. The van der Waals surface area contributed by atoms with E-state index >= 15 is 4.39 Å². The molecule has 46 heavy (non-hydrogen) atoms. The van der Waals surface area contributed by atoms with Gasteiger partial charge in [-0.25, -0.2) is 8.78 Å². The number of aliphatic hydroxyl groups is 1. The molecular weight excluding hydrogens is 592 g/mol. The van der Waals surface area contributed by atoms with Crippen LogP contribution in [0.4, 0.5) is 14.6 Å². The van der Waals surface area contributed by atoms with Crippen LogP contribution in [-0.4, -0.2) is 88.7 Å². The first kappa shape index (κ1) is 30.5. The van der Waals surface area contributed by atoms with Crippen LogP contribution in [-0.2, 0) is 4.74 Å². The molecular formula is C35H37F2N5O4. The molecule has 240 valence electrons. The monoisotopic (exact) mass is 629 g/mol. The Balaban J connectivity index is 1.35. The third kappa shape index (κ3) is 5.38. The number of β-amino-alcohol motifs (C(OH)–C–C–N with tert-alkyl or cyclic N) is 1. The number of ether oxygens (including phenoxy) is 2. The van der Waals surface area contributed by atoms with Crippen LogP contribution in [0.1, 0.15) is 44.1 Å². The van der Waals surface area contributed by atoms with Gasteiger partial charge in [-0.15, -0.1) is 6.42 Å². The normalized spacial score (nSPS) is 22.1. The highest BCUT2D eigenvalue weighted by Gasteiger charge is 2.48. The second kappa shape index (κ2) is 12.6. The van der Waals surface area contributed by atoms with Crippen molar-refractivity contribution < 1.29 is 28.5 Å². The third-order valence-electron chi connectivity index (χ3n) is 9.91. The Bertz CT molecular complexity index is 1820. The van der Waals surface area contributed by atoms with E-state index in [1.807, 2.05) is 4.90 Å². The molecule has 11 heteroatoms. The van der Waals surface area contributed by atoms with E-state index in [9.17, 15) is 14.6 Å². The van der Waals surface area contributed by atoms with Gasteiger partial charge in [0.2, 0.25) is 0 Å². The molecule has 2 unspecified atom stereocenters. The summed E-state index contributed by atoms with van der Waals surface area (Å²) in [4.78, 5) is 18.3. The minimum Gasteiger partial charge on any atom is -0.508 e. The maximum atomic E-state index is 16.8. The highest BCUT2D eigenvalue weighted by atomic mass is 19.1. The molecule has 0 bridgehead atoms. The van der Waals surface area contributed by atoms with E-state index in [4.69, 9.17) is 20.9 Å². The minimum atomic E-state index is -0.750. The molecule has 0 radical (unpaired) electrons. The molecule has 9 nitrogen and oxygen atoms in total. The largest absolute Gasteiger partial charge is 0.508 e. The summed E-state index contributed by atoms with van der Waals surface area (Å²) in [5.41, 5.74) is -0.0890. The summed E-state index contributed by atoms with van der Waals surface area (Å²) in [6.07, 6.45) is 13.1. The van der Waals surface area contributed by atoms with E-state index in [-0.39, 0.29) is 51.5 Å². The van der Waals surface area contributed by atoms with Crippen LogP contribution >= 0.6 is 0 Å². The number of phenolic OH excluding ortho intramolecular Hbond substituents is 1. The lowest BCUT2D eigenvalue weighted by molar-refractivity contribution is -0.00682. The van der Waals surface area contributed by atoms with Crippen molar-refractivity contribution >= 4 is 27.5 Å². The number of terminal acetylenes is 1. The van der Waals surface area contributed by atoms with Gasteiger partial charge in [-0.1, -0.05) is 18.4 Å². The first-order valence-electron chi connectivity index (χ1n) is 16.0. The molecule has 0 amide bonds. The standard InChI is InChI=1S/C35H37F2N5O4/c1-2-24-27(36)8-7-22-18-23(44)19-25(29(22)24)31-30(37)32-26(20-38-31)33(42-12-5-16-45-17-14-42)40-34(39-32)46-21-35-9-3-6-28(35)41(13-15-43)11-4-10-35/h1,7-8,18-20,28,43-44H,3-6,9-17,21H2. The molecule has 7 rings (SSSR count). The van der Waals surface area contributed by atoms with E-state index in [0.29, 0.717) is 62.1 Å². The predicted molar refractivity (Wildman–Crippen MR) is 171 cm³/mol. The van der Waals surface area contributed by atoms with Crippen LogP contribution in [0.25, 0.3) is 32.9 Å². The second-order valence-electron chi connectivity index (χ2n) is 12.5. The smallest absolute Gasteiger partial charge is 0.319 e. The summed E-state index contributed by atoms with van der Waals surface area (Å²) in [6.45, 7) is 4.41. The van der Waals surface area contributed by atoms with E-state index in [0.717, 1.165) is 45.1 Å². The number of benzene rings is 2. The van der Waals surface area contributed by atoms with Crippen LogP contribution in [0.2, 0.25) is 0 Å². The fourth-order valence-electron chi connectivity index (χ4n) is 7.84. The number of fused-ring (bicyclic) bond motifs is 3. The Morgan fingerprint density at radius 1 is 1.09 bits per heavy atom. The number of piperidine rings is 1. The zero-order chi connectivity index (χ0) is 31.8. The number of phenols is 1. The summed E-state index contributed by atoms with van der Waals surface area (Å²) in [7, 11) is 0. The summed E-state index contributed by atoms with van der Waals surface area (Å²) >= 11 is 0. The Morgan fingerprint density at radius 2 is 1.96 bits per heavy atom. The van der Waals surface area contributed by atoms with Gasteiger partial charge in [-0.05, 0) is 62.2 Å². The summed E-state index contributed by atoms with van der Waals surface area (Å²) < 4.78 is 43.7. The molecule has 0 spiro atoms. The number of pyridine rings is 1. The molecule has 1 saturated carbocycles. The van der Waals surface area contributed by atoms with Crippen molar-refractivity contribution in [1.29, 1.82) is 0 Å². The van der Waals surface area contributed by atoms with Gasteiger partial charge in [0.15, 0.2) is 5.82 Å². The van der Waals surface area contributed by atoms with Crippen LogP contribution in [0, 0.1) is 29.4 Å². The zero-order valence-corrected chi connectivity index (χ0v) is 25.6. The quantitative estimate of drug-likeness (QED) is 0.272. The fraction of sp³-hybridized carbons (Fsp3) is 0.457. The van der Waals surface area contributed by atoms with Gasteiger partial charge in [0, 0.05) is 54.8 Å². The second-order valence-corrected chi connectivity index (χ2v) is 12.5. The molecule has 2 aliphatic heterocycles. The molecule has 2 aromatic heterocycles. The lowest BCUT2D eigenvalue weighted by Gasteiger charge is -2.46. The average molecular weight is 630 g/mol. The zero-order valence-electron chi connectivity index (χ0n) is 25.6. The molecule has 1 aliphatic carbocycles. The van der Waals surface area contributed by atoms with Gasteiger partial charge in [-0.2, -0.15) is 9.97 Å². The number of aliphatic hydroxyl groups excluding tert-OH is 1. The van der Waals surface area contributed by atoms with E-state index in [1.54, 1.807) is 0 Å². The van der Waals surface area contributed by atoms with Crippen LogP contribution in [0.3, 0.4) is 0 Å². The van der Waals surface area contributed by atoms with Gasteiger partial charge in [0.25, 0.3) is 0 Å². The maximum absolute atomic E-state index is 16.8. The van der Waals surface area contributed by atoms with Crippen molar-refractivity contribution in [3.05, 3.63) is 47.7 Å². The molecule has 3 aliphatic rings. The number of rotatable bonds is 7. The molecule has 2 aromatic carbocycles. The van der Waals surface area contributed by atoms with Crippen LogP contribution in [0.15, 0.2) is 30.5 Å². The number of hydrogen-bond donors (Lipinski definition) is 2. The van der Waals surface area contributed by atoms with Gasteiger partial charge < -0.3 is 24.6 Å². The Morgan fingerprint density at radius 3 is 2.80 bits per heavy atom. The van der Waals surface area contributed by atoms with Gasteiger partial charge in [0.1, 0.15) is 28.6 Å². The molecule has 4 aromatic rings. The van der Waals surface area contributed by atoms with Crippen molar-refractivity contribution in [1.82, 2.24) is 19.9 Å². The van der Waals surface area contributed by atoms with Crippen molar-refractivity contribution in [3.8, 4) is 35.4 Å². The van der Waals surface area contributed by atoms with Gasteiger partial charge in [0.05, 0.1) is 30.8 Å². The third-order valence-corrected chi connectivity index (χ3v) is 9.91. The van der Waals surface area contributed by atoms with E-state index in [1.165, 1.54) is 30.5 Å². The number of anilines is 1. The Hall–Kier alpha value is -4.11.